The Morgan fingerprint density at radius 2 is 1.91 bits per heavy atom. The quantitative estimate of drug-likeness (QED) is 0.285. The van der Waals surface area contributed by atoms with Crippen LogP contribution in [-0.2, 0) is 17.6 Å². The minimum atomic E-state index is -0.131. The first kappa shape index (κ1) is 23.5. The third kappa shape index (κ3) is 4.83. The van der Waals surface area contributed by atoms with Crippen LogP contribution >= 0.6 is 34.7 Å². The zero-order valence-electron chi connectivity index (χ0n) is 19.1. The van der Waals surface area contributed by atoms with Crippen molar-refractivity contribution in [3.8, 4) is 11.4 Å². The lowest BCUT2D eigenvalue weighted by molar-refractivity contribution is -0.115. The van der Waals surface area contributed by atoms with E-state index < -0.39 is 0 Å². The highest BCUT2D eigenvalue weighted by Crippen LogP contribution is 2.38. The van der Waals surface area contributed by atoms with Gasteiger partial charge in [0.05, 0.1) is 16.4 Å². The van der Waals surface area contributed by atoms with E-state index in [0.29, 0.717) is 21.6 Å². The Morgan fingerprint density at radius 3 is 2.61 bits per heavy atom. The summed E-state index contributed by atoms with van der Waals surface area (Å²) >= 11 is 9.50. The van der Waals surface area contributed by atoms with Crippen molar-refractivity contribution < 1.29 is 4.79 Å². The summed E-state index contributed by atoms with van der Waals surface area (Å²) in [4.78, 5) is 18.9. The van der Waals surface area contributed by atoms with Crippen LogP contribution in [0.15, 0.2) is 46.9 Å². The smallest absolute Gasteiger partial charge is 0.230 e. The van der Waals surface area contributed by atoms with Crippen molar-refractivity contribution in [1.82, 2.24) is 19.7 Å². The van der Waals surface area contributed by atoms with Gasteiger partial charge in [0.1, 0.15) is 0 Å². The Hall–Kier alpha value is -2.68. The van der Waals surface area contributed by atoms with Crippen LogP contribution in [0.5, 0.6) is 0 Å². The molecule has 33 heavy (non-hydrogen) atoms. The van der Waals surface area contributed by atoms with E-state index in [9.17, 15) is 4.79 Å². The monoisotopic (exact) mass is 497 g/mol. The molecule has 0 N–H and O–H groups in total. The second-order valence-corrected chi connectivity index (χ2v) is 10.0. The molecule has 0 aliphatic rings. The Bertz CT molecular complexity index is 1310. The molecule has 2 aromatic carbocycles. The zero-order chi connectivity index (χ0) is 23.7. The number of carbonyl (C=O) groups is 1. The molecule has 6 nitrogen and oxygen atoms in total. The molecule has 2 aromatic heterocycles. The SMILES string of the molecule is CC(=O)N(c1nc(CSc2nnc(-c3ccccc3C)n2C)cs1)c1c(C)cc(C)cc1Cl. The molecule has 0 radical (unpaired) electrons. The van der Waals surface area contributed by atoms with E-state index in [-0.39, 0.29) is 5.91 Å². The summed E-state index contributed by atoms with van der Waals surface area (Å²) in [7, 11) is 1.97. The maximum absolute atomic E-state index is 12.5. The molecule has 0 saturated carbocycles. The molecule has 9 heteroatoms. The second kappa shape index (κ2) is 9.67. The normalized spacial score (nSPS) is 11.1. The topological polar surface area (TPSA) is 63.9 Å². The van der Waals surface area contributed by atoms with Gasteiger partial charge in [0.15, 0.2) is 16.1 Å². The van der Waals surface area contributed by atoms with Gasteiger partial charge < -0.3 is 4.57 Å². The molecular weight excluding hydrogens is 474 g/mol. The number of hydrogen-bond donors (Lipinski definition) is 0. The van der Waals surface area contributed by atoms with Crippen molar-refractivity contribution in [2.24, 2.45) is 7.05 Å². The van der Waals surface area contributed by atoms with Gasteiger partial charge in [0.25, 0.3) is 0 Å². The Labute approximate surface area is 206 Å². The predicted octanol–water partition coefficient (Wildman–Crippen LogP) is 6.49. The summed E-state index contributed by atoms with van der Waals surface area (Å²) < 4.78 is 2.00. The van der Waals surface area contributed by atoms with Gasteiger partial charge in [-0.25, -0.2) is 4.98 Å². The number of rotatable bonds is 6. The van der Waals surface area contributed by atoms with E-state index in [2.05, 4.69) is 29.3 Å². The van der Waals surface area contributed by atoms with Gasteiger partial charge in [-0.15, -0.1) is 21.5 Å². The molecule has 4 aromatic rings. The lowest BCUT2D eigenvalue weighted by Crippen LogP contribution is -2.24. The van der Waals surface area contributed by atoms with Gasteiger partial charge in [-0.05, 0) is 43.5 Å². The van der Waals surface area contributed by atoms with Gasteiger partial charge >= 0.3 is 0 Å². The van der Waals surface area contributed by atoms with Crippen LogP contribution in [0.1, 0.15) is 29.3 Å². The number of hydrogen-bond acceptors (Lipinski definition) is 6. The van der Waals surface area contributed by atoms with Crippen LogP contribution in [0.25, 0.3) is 11.4 Å². The molecule has 0 saturated heterocycles. The van der Waals surface area contributed by atoms with Crippen LogP contribution in [0.2, 0.25) is 5.02 Å². The third-order valence-electron chi connectivity index (χ3n) is 5.24. The first-order valence-electron chi connectivity index (χ1n) is 10.4. The molecule has 0 atom stereocenters. The third-order valence-corrected chi connectivity index (χ3v) is 7.45. The highest BCUT2D eigenvalue weighted by Gasteiger charge is 2.23. The van der Waals surface area contributed by atoms with Crippen molar-refractivity contribution in [1.29, 1.82) is 0 Å². The van der Waals surface area contributed by atoms with Gasteiger partial charge in [-0.3, -0.25) is 9.69 Å². The zero-order valence-corrected chi connectivity index (χ0v) is 21.5. The Balaban J connectivity index is 1.55. The second-order valence-electron chi connectivity index (χ2n) is 7.86. The number of anilines is 2. The number of carbonyl (C=O) groups excluding carboxylic acids is 1. The van der Waals surface area contributed by atoms with Crippen LogP contribution < -0.4 is 4.90 Å². The fourth-order valence-corrected chi connectivity index (χ4v) is 5.87. The Morgan fingerprint density at radius 1 is 1.15 bits per heavy atom. The lowest BCUT2D eigenvalue weighted by atomic mass is 10.1. The molecule has 0 unspecified atom stereocenters. The summed E-state index contributed by atoms with van der Waals surface area (Å²) in [5.41, 5.74) is 5.76. The maximum Gasteiger partial charge on any atom is 0.230 e. The molecule has 170 valence electrons. The van der Waals surface area contributed by atoms with Crippen molar-refractivity contribution in [2.45, 2.75) is 38.6 Å². The number of thioether (sulfide) groups is 1. The van der Waals surface area contributed by atoms with Crippen LogP contribution in [0.3, 0.4) is 0 Å². The molecule has 2 heterocycles. The van der Waals surface area contributed by atoms with Crippen LogP contribution in [0.4, 0.5) is 10.8 Å². The minimum absolute atomic E-state index is 0.131. The number of thiazole rings is 1. The van der Waals surface area contributed by atoms with Gasteiger partial charge in [0, 0.05) is 30.7 Å². The largest absolute Gasteiger partial charge is 0.305 e. The van der Waals surface area contributed by atoms with E-state index in [1.54, 1.807) is 16.7 Å². The number of amides is 1. The molecule has 4 rings (SSSR count). The predicted molar refractivity (Wildman–Crippen MR) is 137 cm³/mol. The van der Waals surface area contributed by atoms with Crippen LogP contribution in [0, 0.1) is 20.8 Å². The van der Waals surface area contributed by atoms with Gasteiger partial charge in [-0.1, -0.05) is 53.7 Å². The molecule has 0 fully saturated rings. The van der Waals surface area contributed by atoms with Crippen molar-refractivity contribution in [2.75, 3.05) is 4.90 Å². The first-order valence-corrected chi connectivity index (χ1v) is 12.6. The lowest BCUT2D eigenvalue weighted by Gasteiger charge is -2.22. The summed E-state index contributed by atoms with van der Waals surface area (Å²) in [6.45, 7) is 7.53. The Kier molecular flexibility index (Phi) is 6.88. The fourth-order valence-electron chi connectivity index (χ4n) is 3.68. The van der Waals surface area contributed by atoms with Crippen molar-refractivity contribution >= 4 is 51.4 Å². The molecule has 1 amide bonds. The average molecular weight is 498 g/mol. The standard InChI is InChI=1S/C24H24ClN5OS2/c1-14-10-16(3)21(20(25)11-14)30(17(4)31)23-26-18(12-32-23)13-33-24-28-27-22(29(24)5)19-9-7-6-8-15(19)2/h6-12H,13H2,1-5H3. The first-order chi connectivity index (χ1) is 15.8. The van der Waals surface area contributed by atoms with E-state index in [0.717, 1.165) is 38.9 Å². The number of aryl methyl sites for hydroxylation is 3. The van der Waals surface area contributed by atoms with E-state index in [4.69, 9.17) is 16.6 Å². The van der Waals surface area contributed by atoms with Crippen LogP contribution in [-0.4, -0.2) is 25.7 Å². The van der Waals surface area contributed by atoms with E-state index >= 15 is 0 Å². The van der Waals surface area contributed by atoms with Gasteiger partial charge in [0.2, 0.25) is 5.91 Å². The number of aromatic nitrogens is 4. The van der Waals surface area contributed by atoms with E-state index in [1.807, 2.05) is 55.1 Å². The number of benzene rings is 2. The molecule has 0 spiro atoms. The number of nitrogens with zero attached hydrogens (tertiary/aromatic N) is 5. The van der Waals surface area contributed by atoms with Crippen molar-refractivity contribution in [3.05, 3.63) is 69.2 Å². The van der Waals surface area contributed by atoms with Crippen molar-refractivity contribution in [3.63, 3.8) is 0 Å². The average Bonchev–Trinajstić information content (AvgIpc) is 3.35. The summed E-state index contributed by atoms with van der Waals surface area (Å²) in [6, 6.07) is 12.0. The molecule has 0 bridgehead atoms. The fraction of sp³-hybridized carbons (Fsp3) is 0.250. The van der Waals surface area contributed by atoms with Gasteiger partial charge in [-0.2, -0.15) is 0 Å². The summed E-state index contributed by atoms with van der Waals surface area (Å²) in [6.07, 6.45) is 0. The minimum Gasteiger partial charge on any atom is -0.305 e. The maximum atomic E-state index is 12.5. The highest BCUT2D eigenvalue weighted by molar-refractivity contribution is 7.98. The molecular formula is C24H24ClN5OS2. The van der Waals surface area contributed by atoms with E-state index in [1.165, 1.54) is 18.3 Å². The summed E-state index contributed by atoms with van der Waals surface area (Å²) in [5.74, 6) is 1.32. The summed E-state index contributed by atoms with van der Waals surface area (Å²) in [5, 5.41) is 12.7. The number of halogens is 1. The molecule has 0 aliphatic carbocycles. The highest BCUT2D eigenvalue weighted by atomic mass is 35.5. The molecule has 0 aliphatic heterocycles.